The quantitative estimate of drug-likeness (QED) is 0.210. The molecule has 1 aliphatic heterocycles. The van der Waals surface area contributed by atoms with Crippen molar-refractivity contribution >= 4 is 29.0 Å². The number of carbonyl (C=O) groups is 2. The first-order valence-corrected chi connectivity index (χ1v) is 13.1. The van der Waals surface area contributed by atoms with Crippen molar-refractivity contribution < 1.29 is 14.7 Å². The van der Waals surface area contributed by atoms with Crippen LogP contribution in [0.2, 0.25) is 0 Å². The zero-order valence-electron chi connectivity index (χ0n) is 20.7. The van der Waals surface area contributed by atoms with Crippen molar-refractivity contribution in [2.75, 3.05) is 13.1 Å². The van der Waals surface area contributed by atoms with Crippen LogP contribution in [0.25, 0.3) is 0 Å². The van der Waals surface area contributed by atoms with Crippen LogP contribution in [0.15, 0.2) is 91.0 Å². The smallest absolute Gasteiger partial charge is 0.294 e. The summed E-state index contributed by atoms with van der Waals surface area (Å²) in [6.45, 7) is 2.85. The number of unbranched alkanes of at least 4 members (excludes halogenated alkanes) is 1. The summed E-state index contributed by atoms with van der Waals surface area (Å²) in [6.07, 6.45) is 3.57. The first-order chi connectivity index (χ1) is 17.5. The van der Waals surface area contributed by atoms with E-state index in [1.54, 1.807) is 29.2 Å². The Hall–Kier alpha value is -3.31. The zero-order valence-corrected chi connectivity index (χ0v) is 21.5. The second-order valence-corrected chi connectivity index (χ2v) is 10.1. The van der Waals surface area contributed by atoms with Crippen LogP contribution in [-0.4, -0.2) is 39.8 Å². The Morgan fingerprint density at radius 2 is 1.42 bits per heavy atom. The van der Waals surface area contributed by atoms with Crippen LogP contribution in [0, 0.1) is 11.8 Å². The van der Waals surface area contributed by atoms with Gasteiger partial charge in [0.1, 0.15) is 0 Å². The zero-order chi connectivity index (χ0) is 25.5. The van der Waals surface area contributed by atoms with Crippen molar-refractivity contribution in [3.8, 4) is 0 Å². The summed E-state index contributed by atoms with van der Waals surface area (Å²) >= 11 is 5.24. The van der Waals surface area contributed by atoms with E-state index in [0.717, 1.165) is 19.3 Å². The van der Waals surface area contributed by atoms with Gasteiger partial charge in [-0.3, -0.25) is 9.59 Å². The summed E-state index contributed by atoms with van der Waals surface area (Å²) in [4.78, 5) is 28.2. The number of Topliss-reactive ketones (excluding diaryl/α,β-unsaturated/α-hetero) is 1. The molecule has 1 aliphatic rings. The summed E-state index contributed by atoms with van der Waals surface area (Å²) in [7, 11) is 0. The number of piperidine rings is 1. The maximum absolute atomic E-state index is 13.5. The van der Waals surface area contributed by atoms with Crippen LogP contribution in [-0.2, 0) is 10.2 Å². The van der Waals surface area contributed by atoms with E-state index in [-0.39, 0.29) is 23.4 Å². The number of likely N-dealkylation sites (tertiary alicyclic amines) is 1. The van der Waals surface area contributed by atoms with Crippen molar-refractivity contribution in [1.29, 1.82) is 0 Å². The third kappa shape index (κ3) is 5.26. The van der Waals surface area contributed by atoms with E-state index in [0.29, 0.717) is 18.5 Å². The summed E-state index contributed by atoms with van der Waals surface area (Å²) in [5.41, 5.74) is 2.34. The normalized spacial score (nSPS) is 18.0. The second-order valence-electron chi connectivity index (χ2n) is 9.68. The lowest BCUT2D eigenvalue weighted by Crippen LogP contribution is -2.54. The molecule has 0 aliphatic carbocycles. The van der Waals surface area contributed by atoms with Gasteiger partial charge in [-0.15, -0.1) is 0 Å². The van der Waals surface area contributed by atoms with Crippen LogP contribution < -0.4 is 0 Å². The molecule has 0 bridgehead atoms. The van der Waals surface area contributed by atoms with E-state index >= 15 is 0 Å². The van der Waals surface area contributed by atoms with Crippen LogP contribution in [0.5, 0.6) is 0 Å². The highest BCUT2D eigenvalue weighted by molar-refractivity contribution is 7.80. The Balaban J connectivity index is 1.80. The van der Waals surface area contributed by atoms with Crippen molar-refractivity contribution in [2.24, 2.45) is 11.8 Å². The molecule has 1 N–H and O–H groups in total. The second kappa shape index (κ2) is 11.6. The molecular weight excluding hydrogens is 466 g/mol. The molecule has 0 saturated carbocycles. The fourth-order valence-corrected chi connectivity index (χ4v) is 5.89. The molecule has 0 spiro atoms. The molecule has 36 heavy (non-hydrogen) atoms. The topological polar surface area (TPSA) is 57.6 Å². The lowest BCUT2D eigenvalue weighted by molar-refractivity contribution is -0.129. The Labute approximate surface area is 219 Å². The van der Waals surface area contributed by atoms with Gasteiger partial charge in [0, 0.05) is 30.0 Å². The number of rotatable bonds is 9. The number of aliphatic hydroxyl groups excluding tert-OH is 1. The molecule has 1 heterocycles. The third-order valence-electron chi connectivity index (χ3n) is 7.52. The molecule has 1 saturated heterocycles. The van der Waals surface area contributed by atoms with E-state index in [2.05, 4.69) is 55.5 Å². The van der Waals surface area contributed by atoms with Crippen LogP contribution in [0.3, 0.4) is 0 Å². The minimum atomic E-state index is -0.544. The lowest BCUT2D eigenvalue weighted by Gasteiger charge is -2.48. The van der Waals surface area contributed by atoms with Gasteiger partial charge in [-0.25, -0.2) is 0 Å². The number of amides is 1. The summed E-state index contributed by atoms with van der Waals surface area (Å²) in [5, 5.41) is 10.3. The highest BCUT2D eigenvalue weighted by atomic mass is 32.1. The maximum Gasteiger partial charge on any atom is 0.294 e. The van der Waals surface area contributed by atoms with E-state index in [9.17, 15) is 14.7 Å². The first-order valence-electron chi connectivity index (χ1n) is 12.7. The van der Waals surface area contributed by atoms with Crippen molar-refractivity contribution in [3.63, 3.8) is 0 Å². The molecule has 4 nitrogen and oxygen atoms in total. The van der Waals surface area contributed by atoms with Crippen LogP contribution in [0.4, 0.5) is 0 Å². The minimum Gasteiger partial charge on any atom is -0.502 e. The Morgan fingerprint density at radius 1 is 0.889 bits per heavy atom. The van der Waals surface area contributed by atoms with Gasteiger partial charge < -0.3 is 10.0 Å². The first kappa shape index (κ1) is 25.8. The van der Waals surface area contributed by atoms with Crippen LogP contribution >= 0.6 is 12.2 Å². The predicted octanol–water partition coefficient (Wildman–Crippen LogP) is 6.40. The fraction of sp³-hybridized carbons (Fsp3) is 0.323. The Kier molecular flexibility index (Phi) is 8.32. The summed E-state index contributed by atoms with van der Waals surface area (Å²) in [5.74, 6) is -1.49. The van der Waals surface area contributed by atoms with Gasteiger partial charge in [0.05, 0.1) is 0 Å². The number of nitrogens with zero attached hydrogens (tertiary/aromatic N) is 1. The standard InChI is InChI=1S/C31H33NO3S/c1-2-3-19-31(25-15-9-5-10-16-25,26-17-11-6-12-18-26)27-20-24(30(35)36)21-32(22-27)29(34)28(33)23-13-7-4-8-14-23/h4-18,24,27H,2-3,19-22H2,1H3,(H,35,36). The number of ketones is 1. The minimum absolute atomic E-state index is 0.0368. The van der Waals surface area contributed by atoms with Gasteiger partial charge in [-0.1, -0.05) is 111 Å². The number of thiocarbonyl (C=S) groups is 1. The van der Waals surface area contributed by atoms with Gasteiger partial charge in [0.2, 0.25) is 5.78 Å². The molecule has 5 heteroatoms. The van der Waals surface area contributed by atoms with Crippen molar-refractivity contribution in [2.45, 2.75) is 38.0 Å². The van der Waals surface area contributed by atoms with Gasteiger partial charge in [-0.2, -0.15) is 0 Å². The van der Waals surface area contributed by atoms with Gasteiger partial charge in [-0.05, 0) is 42.1 Å². The van der Waals surface area contributed by atoms with Gasteiger partial charge in [0.15, 0.2) is 5.05 Å². The highest BCUT2D eigenvalue weighted by Gasteiger charge is 2.47. The Bertz CT molecular complexity index is 1140. The van der Waals surface area contributed by atoms with E-state index < -0.39 is 17.1 Å². The predicted molar refractivity (Wildman–Crippen MR) is 147 cm³/mol. The van der Waals surface area contributed by atoms with Crippen molar-refractivity contribution in [1.82, 2.24) is 4.90 Å². The SMILES string of the molecule is CCCCC(c1ccccc1)(c1ccccc1)C1CC(C(O)=S)CN(C(=O)C(=O)c2ccccc2)C1. The molecule has 2 unspecified atom stereocenters. The fourth-order valence-electron chi connectivity index (χ4n) is 5.72. The molecule has 186 valence electrons. The van der Waals surface area contributed by atoms with E-state index in [1.165, 1.54) is 11.1 Å². The number of hydrogen-bond acceptors (Lipinski definition) is 3. The lowest BCUT2D eigenvalue weighted by atomic mass is 9.60. The molecule has 2 atom stereocenters. The Morgan fingerprint density at radius 3 is 1.92 bits per heavy atom. The average molecular weight is 500 g/mol. The molecule has 1 fully saturated rings. The van der Waals surface area contributed by atoms with Crippen LogP contribution in [0.1, 0.15) is 54.1 Å². The summed E-state index contributed by atoms with van der Waals surface area (Å²) in [6, 6.07) is 29.5. The average Bonchev–Trinajstić information content (AvgIpc) is 2.94. The number of benzene rings is 3. The largest absolute Gasteiger partial charge is 0.502 e. The third-order valence-corrected chi connectivity index (χ3v) is 7.85. The van der Waals surface area contributed by atoms with Crippen molar-refractivity contribution in [3.05, 3.63) is 108 Å². The maximum atomic E-state index is 13.5. The van der Waals surface area contributed by atoms with E-state index in [4.69, 9.17) is 12.2 Å². The molecule has 0 radical (unpaired) electrons. The molecular formula is C31H33NO3S. The molecule has 3 aromatic rings. The molecule has 4 rings (SSSR count). The molecule has 0 aromatic heterocycles. The van der Waals surface area contributed by atoms with E-state index in [1.807, 2.05) is 18.2 Å². The number of carbonyl (C=O) groups excluding carboxylic acids is 2. The van der Waals surface area contributed by atoms with Gasteiger partial charge >= 0.3 is 0 Å². The highest BCUT2D eigenvalue weighted by Crippen LogP contribution is 2.48. The summed E-state index contributed by atoms with van der Waals surface area (Å²) < 4.78 is 0. The number of aliphatic hydroxyl groups is 1. The number of hydrogen-bond donors (Lipinski definition) is 1. The molecule has 1 amide bonds. The molecule has 3 aromatic carbocycles. The van der Waals surface area contributed by atoms with Gasteiger partial charge in [0.25, 0.3) is 5.91 Å². The monoisotopic (exact) mass is 499 g/mol.